The second kappa shape index (κ2) is 8.26. The van der Waals surface area contributed by atoms with Crippen LogP contribution in [0.2, 0.25) is 0 Å². The van der Waals surface area contributed by atoms with Gasteiger partial charge in [0.15, 0.2) is 0 Å². The molecule has 0 saturated carbocycles. The van der Waals surface area contributed by atoms with Gasteiger partial charge in [0.2, 0.25) is 10.0 Å². The number of nitrogens with two attached hydrogens (primary N) is 1. The molecule has 0 spiro atoms. The van der Waals surface area contributed by atoms with Gasteiger partial charge >= 0.3 is 0 Å². The van der Waals surface area contributed by atoms with Gasteiger partial charge in [0.05, 0.1) is 22.0 Å². The van der Waals surface area contributed by atoms with E-state index < -0.39 is 16.1 Å². The van der Waals surface area contributed by atoms with Gasteiger partial charge in [-0.1, -0.05) is 43.3 Å². The summed E-state index contributed by atoms with van der Waals surface area (Å²) >= 11 is 1.53. The molecule has 0 amide bonds. The van der Waals surface area contributed by atoms with E-state index in [1.54, 1.807) is 0 Å². The molecule has 0 fully saturated rings. The van der Waals surface area contributed by atoms with Crippen molar-refractivity contribution < 1.29 is 8.42 Å². The Balaban J connectivity index is 1.95. The van der Waals surface area contributed by atoms with Crippen LogP contribution in [-0.4, -0.2) is 19.2 Å². The first-order valence-corrected chi connectivity index (χ1v) is 11.1. The molecule has 0 aliphatic rings. The van der Waals surface area contributed by atoms with Gasteiger partial charge in [-0.25, -0.2) is 18.1 Å². The number of aromatic nitrogens is 1. The van der Waals surface area contributed by atoms with E-state index in [9.17, 15) is 8.42 Å². The molecule has 3 N–H and O–H groups in total. The van der Waals surface area contributed by atoms with Crippen LogP contribution in [0.25, 0.3) is 10.2 Å². The Morgan fingerprint density at radius 3 is 2.65 bits per heavy atom. The fraction of sp³-hybridized carbons (Fsp3) is 0.316. The van der Waals surface area contributed by atoms with Crippen molar-refractivity contribution in [2.24, 2.45) is 5.73 Å². The fourth-order valence-corrected chi connectivity index (χ4v) is 5.26. The number of benzene rings is 2. The highest BCUT2D eigenvalue weighted by Gasteiger charge is 2.22. The molecule has 0 saturated heterocycles. The largest absolute Gasteiger partial charge is 0.326 e. The van der Waals surface area contributed by atoms with Gasteiger partial charge in [-0.3, -0.25) is 0 Å². The highest BCUT2D eigenvalue weighted by Crippen LogP contribution is 2.29. The quantitative estimate of drug-likeness (QED) is 0.618. The molecule has 0 radical (unpaired) electrons. The van der Waals surface area contributed by atoms with Gasteiger partial charge in [-0.15, -0.1) is 11.3 Å². The van der Waals surface area contributed by atoms with Crippen molar-refractivity contribution in [1.29, 1.82) is 0 Å². The maximum Gasteiger partial charge on any atom is 0.212 e. The summed E-state index contributed by atoms with van der Waals surface area (Å²) in [4.78, 5) is 4.66. The zero-order valence-corrected chi connectivity index (χ0v) is 16.3. The first-order valence-electron chi connectivity index (χ1n) is 8.64. The maximum absolute atomic E-state index is 12.4. The average molecular weight is 390 g/mol. The van der Waals surface area contributed by atoms with Gasteiger partial charge in [0.1, 0.15) is 5.01 Å². The Morgan fingerprint density at radius 2 is 1.92 bits per heavy atom. The Kier molecular flexibility index (Phi) is 6.03. The van der Waals surface area contributed by atoms with E-state index in [0.29, 0.717) is 19.4 Å². The van der Waals surface area contributed by atoms with Crippen molar-refractivity contribution in [2.45, 2.75) is 32.4 Å². The lowest BCUT2D eigenvalue weighted by atomic mass is 10.0. The molecule has 1 aromatic heterocycles. The van der Waals surface area contributed by atoms with E-state index in [4.69, 9.17) is 5.73 Å². The van der Waals surface area contributed by atoms with Crippen molar-refractivity contribution in [3.8, 4) is 0 Å². The summed E-state index contributed by atoms with van der Waals surface area (Å²) in [6.45, 7) is 2.32. The Bertz CT molecular complexity index is 950. The van der Waals surface area contributed by atoms with Crippen LogP contribution in [0.3, 0.4) is 0 Å². The maximum atomic E-state index is 12.4. The zero-order valence-electron chi connectivity index (χ0n) is 14.7. The molecule has 3 rings (SSSR count). The normalized spacial score (nSPS) is 13.2. The standard InChI is InChI=1S/C19H23N3O2S2/c1-2-10-26(23,24)22-17(12-14-6-5-7-15(11-14)13-20)19-21-16-8-3-4-9-18(16)25-19/h3-9,11,17,22H,2,10,12-13,20H2,1H3. The van der Waals surface area contributed by atoms with Crippen molar-refractivity contribution in [2.75, 3.05) is 5.75 Å². The lowest BCUT2D eigenvalue weighted by molar-refractivity contribution is 0.553. The molecule has 3 aromatic rings. The number of thiazole rings is 1. The Labute approximate surface area is 158 Å². The van der Waals surface area contributed by atoms with Crippen molar-refractivity contribution in [3.63, 3.8) is 0 Å². The molecule has 2 aromatic carbocycles. The second-order valence-electron chi connectivity index (χ2n) is 6.24. The van der Waals surface area contributed by atoms with Gasteiger partial charge < -0.3 is 5.73 Å². The van der Waals surface area contributed by atoms with Crippen LogP contribution in [0.5, 0.6) is 0 Å². The van der Waals surface area contributed by atoms with Crippen LogP contribution in [-0.2, 0) is 23.0 Å². The van der Waals surface area contributed by atoms with E-state index in [0.717, 1.165) is 26.4 Å². The summed E-state index contributed by atoms with van der Waals surface area (Å²) in [6, 6.07) is 15.4. The number of nitrogens with zero attached hydrogens (tertiary/aromatic N) is 1. The van der Waals surface area contributed by atoms with E-state index >= 15 is 0 Å². The molecule has 7 heteroatoms. The SMILES string of the molecule is CCCS(=O)(=O)NC(Cc1cccc(CN)c1)c1nc2ccccc2s1. The molecule has 5 nitrogen and oxygen atoms in total. The zero-order chi connectivity index (χ0) is 18.6. The average Bonchev–Trinajstić information content (AvgIpc) is 3.05. The van der Waals surface area contributed by atoms with E-state index in [2.05, 4.69) is 9.71 Å². The van der Waals surface area contributed by atoms with Crippen molar-refractivity contribution in [3.05, 3.63) is 64.7 Å². The highest BCUT2D eigenvalue weighted by molar-refractivity contribution is 7.89. The molecule has 1 unspecified atom stereocenters. The number of para-hydroxylation sites is 1. The lowest BCUT2D eigenvalue weighted by Gasteiger charge is -2.17. The Hall–Kier alpha value is -1.80. The van der Waals surface area contributed by atoms with Gasteiger partial charge in [-0.05, 0) is 36.1 Å². The molecule has 138 valence electrons. The number of fused-ring (bicyclic) bond motifs is 1. The molecule has 0 aliphatic carbocycles. The van der Waals surface area contributed by atoms with Crippen LogP contribution in [0.15, 0.2) is 48.5 Å². The van der Waals surface area contributed by atoms with Gasteiger partial charge in [0, 0.05) is 6.54 Å². The smallest absolute Gasteiger partial charge is 0.212 e. The monoisotopic (exact) mass is 389 g/mol. The van der Waals surface area contributed by atoms with Gasteiger partial charge in [-0.2, -0.15) is 0 Å². The first kappa shape index (κ1) is 19.0. The summed E-state index contributed by atoms with van der Waals surface area (Å²) in [5.74, 6) is 0.108. The molecular weight excluding hydrogens is 366 g/mol. The third-order valence-corrected chi connectivity index (χ3v) is 6.81. The Morgan fingerprint density at radius 1 is 1.15 bits per heavy atom. The predicted octanol–water partition coefficient (Wildman–Crippen LogP) is 3.37. The number of nitrogens with one attached hydrogen (secondary N) is 1. The van der Waals surface area contributed by atoms with Crippen molar-refractivity contribution >= 4 is 31.6 Å². The minimum absolute atomic E-state index is 0.108. The highest BCUT2D eigenvalue weighted by atomic mass is 32.2. The third-order valence-electron chi connectivity index (χ3n) is 4.07. The van der Waals surface area contributed by atoms with Gasteiger partial charge in [0.25, 0.3) is 0 Å². The van der Waals surface area contributed by atoms with Crippen LogP contribution in [0, 0.1) is 0 Å². The summed E-state index contributed by atoms with van der Waals surface area (Å²) < 4.78 is 28.7. The number of sulfonamides is 1. The topological polar surface area (TPSA) is 85.1 Å². The summed E-state index contributed by atoms with van der Waals surface area (Å²) in [5.41, 5.74) is 8.69. The van der Waals surface area contributed by atoms with Crippen LogP contribution in [0.4, 0.5) is 0 Å². The number of hydrogen-bond acceptors (Lipinski definition) is 5. The van der Waals surface area contributed by atoms with Crippen LogP contribution in [0.1, 0.15) is 35.5 Å². The van der Waals surface area contributed by atoms with Crippen LogP contribution < -0.4 is 10.5 Å². The molecule has 1 atom stereocenters. The fourth-order valence-electron chi connectivity index (χ4n) is 2.88. The third kappa shape index (κ3) is 4.67. The van der Waals surface area contributed by atoms with Crippen LogP contribution >= 0.6 is 11.3 Å². The van der Waals surface area contributed by atoms with E-state index in [-0.39, 0.29) is 5.75 Å². The molecule has 26 heavy (non-hydrogen) atoms. The number of hydrogen-bond donors (Lipinski definition) is 2. The lowest BCUT2D eigenvalue weighted by Crippen LogP contribution is -2.31. The molecular formula is C19H23N3O2S2. The predicted molar refractivity (Wildman–Crippen MR) is 108 cm³/mol. The molecule has 0 bridgehead atoms. The molecule has 1 heterocycles. The summed E-state index contributed by atoms with van der Waals surface area (Å²) in [5, 5.41) is 0.782. The summed E-state index contributed by atoms with van der Waals surface area (Å²) in [6.07, 6.45) is 1.11. The second-order valence-corrected chi connectivity index (χ2v) is 9.17. The molecule has 0 aliphatic heterocycles. The van der Waals surface area contributed by atoms with E-state index in [1.165, 1.54) is 11.3 Å². The van der Waals surface area contributed by atoms with E-state index in [1.807, 2.05) is 55.5 Å². The minimum Gasteiger partial charge on any atom is -0.326 e. The first-order chi connectivity index (χ1) is 12.5. The van der Waals surface area contributed by atoms with Crippen molar-refractivity contribution in [1.82, 2.24) is 9.71 Å². The summed E-state index contributed by atoms with van der Waals surface area (Å²) in [7, 11) is -3.36. The number of rotatable bonds is 8. The minimum atomic E-state index is -3.36.